The molecule has 2 N–H and O–H groups in total. The zero-order chi connectivity index (χ0) is 25.3. The molecule has 8 heteroatoms. The maximum absolute atomic E-state index is 13.6. The molecule has 8 nitrogen and oxygen atoms in total. The molecule has 2 atom stereocenters. The van der Waals surface area contributed by atoms with Gasteiger partial charge in [-0.15, -0.1) is 6.42 Å². The van der Waals surface area contributed by atoms with Gasteiger partial charge in [-0.3, -0.25) is 9.59 Å². The Morgan fingerprint density at radius 1 is 1.09 bits per heavy atom. The number of amides is 3. The van der Waals surface area contributed by atoms with Gasteiger partial charge >= 0.3 is 6.09 Å². The zero-order valence-corrected chi connectivity index (χ0v) is 20.4. The Morgan fingerprint density at radius 2 is 1.67 bits per heavy atom. The van der Waals surface area contributed by atoms with Gasteiger partial charge < -0.3 is 20.3 Å². The number of benzene rings is 1. The highest BCUT2D eigenvalue weighted by atomic mass is 16.6. The molecule has 0 bridgehead atoms. The van der Waals surface area contributed by atoms with Gasteiger partial charge in [0.1, 0.15) is 24.2 Å². The number of nitrogens with one attached hydrogen (secondary N) is 2. The Balaban J connectivity index is 3.42. The van der Waals surface area contributed by atoms with E-state index >= 15 is 0 Å². The van der Waals surface area contributed by atoms with Gasteiger partial charge in [-0.2, -0.15) is 5.26 Å². The van der Waals surface area contributed by atoms with Crippen LogP contribution in [0.1, 0.15) is 65.6 Å². The van der Waals surface area contributed by atoms with Gasteiger partial charge in [0.25, 0.3) is 0 Å². The van der Waals surface area contributed by atoms with Crippen LogP contribution in [0.15, 0.2) is 24.3 Å². The fourth-order valence-corrected chi connectivity index (χ4v) is 3.10. The van der Waals surface area contributed by atoms with E-state index in [-0.39, 0.29) is 18.5 Å². The molecule has 1 aromatic rings. The van der Waals surface area contributed by atoms with E-state index in [2.05, 4.69) is 16.6 Å². The fourth-order valence-electron chi connectivity index (χ4n) is 3.10. The number of rotatable bonds is 8. The summed E-state index contributed by atoms with van der Waals surface area (Å²) in [7, 11) is 0. The highest BCUT2D eigenvalue weighted by molar-refractivity contribution is 5.92. The lowest BCUT2D eigenvalue weighted by Crippen LogP contribution is -2.55. The van der Waals surface area contributed by atoms with Crippen molar-refractivity contribution in [3.63, 3.8) is 0 Å². The fraction of sp³-hybridized carbons (Fsp3) is 0.520. The van der Waals surface area contributed by atoms with Crippen LogP contribution in [0.4, 0.5) is 4.79 Å². The summed E-state index contributed by atoms with van der Waals surface area (Å²) in [5.74, 6) is 1.17. The number of carbonyl (C=O) groups excluding carboxylic acids is 3. The topological polar surface area (TPSA) is 112 Å². The van der Waals surface area contributed by atoms with Gasteiger partial charge in [-0.1, -0.05) is 31.9 Å². The molecule has 0 spiro atoms. The number of nitriles is 1. The van der Waals surface area contributed by atoms with Gasteiger partial charge in [0.15, 0.2) is 0 Å². The van der Waals surface area contributed by atoms with Gasteiger partial charge in [-0.05, 0) is 58.2 Å². The van der Waals surface area contributed by atoms with Crippen LogP contribution in [-0.2, 0) is 14.3 Å². The Kier molecular flexibility index (Phi) is 9.94. The second kappa shape index (κ2) is 11.9. The van der Waals surface area contributed by atoms with Crippen molar-refractivity contribution >= 4 is 17.9 Å². The van der Waals surface area contributed by atoms with Crippen LogP contribution < -0.4 is 10.6 Å². The smallest absolute Gasteiger partial charge is 0.408 e. The van der Waals surface area contributed by atoms with E-state index in [0.717, 1.165) is 0 Å². The molecule has 1 rings (SSSR count). The zero-order valence-electron chi connectivity index (χ0n) is 20.4. The van der Waals surface area contributed by atoms with Crippen LogP contribution in [0, 0.1) is 29.6 Å². The summed E-state index contributed by atoms with van der Waals surface area (Å²) in [4.78, 5) is 40.3. The van der Waals surface area contributed by atoms with E-state index in [1.54, 1.807) is 72.7 Å². The summed E-state index contributed by atoms with van der Waals surface area (Å²) in [6.45, 7) is 11.9. The van der Waals surface area contributed by atoms with Crippen LogP contribution in [-0.4, -0.2) is 47.0 Å². The van der Waals surface area contributed by atoms with E-state index < -0.39 is 35.6 Å². The summed E-state index contributed by atoms with van der Waals surface area (Å²) in [5, 5.41) is 14.9. The van der Waals surface area contributed by atoms with Gasteiger partial charge in [0.05, 0.1) is 6.07 Å². The molecular weight excluding hydrogens is 420 g/mol. The van der Waals surface area contributed by atoms with Crippen molar-refractivity contribution in [3.8, 4) is 18.4 Å². The standard InChI is InChI=1S/C25H34N4O4/c1-9-18-10-12-19(13-11-18)21(22(30)27-17(4)5)29(15-14-26)23(31)20(16(2)3)28-24(32)33-25(6,7)8/h1,10-13,16-17,20-21H,15H2,2-8H3,(H,27,30)(H,28,32). The SMILES string of the molecule is C#Cc1ccc(C(C(=O)NC(C)C)N(CC#N)C(=O)C(NC(=O)OC(C)(C)C)C(C)C)cc1. The number of carbonyl (C=O) groups is 3. The Hall–Kier alpha value is -3.52. The minimum absolute atomic E-state index is 0.190. The molecule has 2 unspecified atom stereocenters. The first-order chi connectivity index (χ1) is 15.3. The number of hydrogen-bond acceptors (Lipinski definition) is 5. The van der Waals surface area contributed by atoms with E-state index in [1.807, 2.05) is 6.07 Å². The third-order valence-corrected chi connectivity index (χ3v) is 4.51. The molecule has 3 amide bonds. The summed E-state index contributed by atoms with van der Waals surface area (Å²) < 4.78 is 5.30. The predicted molar refractivity (Wildman–Crippen MR) is 126 cm³/mol. The summed E-state index contributed by atoms with van der Waals surface area (Å²) in [6, 6.07) is 6.32. The number of terminal acetylenes is 1. The Labute approximate surface area is 196 Å². The molecule has 0 aliphatic rings. The lowest BCUT2D eigenvalue weighted by atomic mass is 9.98. The summed E-state index contributed by atoms with van der Waals surface area (Å²) >= 11 is 0. The van der Waals surface area contributed by atoms with Crippen molar-refractivity contribution in [2.75, 3.05) is 6.54 Å². The van der Waals surface area contributed by atoms with Gasteiger partial charge in [0, 0.05) is 11.6 Å². The number of ether oxygens (including phenoxy) is 1. The molecule has 178 valence electrons. The second-order valence-electron chi connectivity index (χ2n) is 9.32. The highest BCUT2D eigenvalue weighted by Crippen LogP contribution is 2.24. The lowest BCUT2D eigenvalue weighted by Gasteiger charge is -2.34. The number of nitrogens with zero attached hydrogens (tertiary/aromatic N) is 2. The van der Waals surface area contributed by atoms with Crippen LogP contribution in [0.2, 0.25) is 0 Å². The minimum atomic E-state index is -1.09. The number of alkyl carbamates (subject to hydrolysis) is 1. The lowest BCUT2D eigenvalue weighted by molar-refractivity contribution is -0.142. The Bertz CT molecular complexity index is 918. The molecule has 1 aromatic carbocycles. The predicted octanol–water partition coefficient (Wildman–Crippen LogP) is 3.14. The van der Waals surface area contributed by atoms with Crippen LogP contribution in [0.25, 0.3) is 0 Å². The van der Waals surface area contributed by atoms with Crippen molar-refractivity contribution < 1.29 is 19.1 Å². The maximum atomic E-state index is 13.6. The van der Waals surface area contributed by atoms with E-state index in [1.165, 1.54) is 4.90 Å². The van der Waals surface area contributed by atoms with Crippen LogP contribution >= 0.6 is 0 Å². The minimum Gasteiger partial charge on any atom is -0.444 e. The van der Waals surface area contributed by atoms with E-state index in [0.29, 0.717) is 11.1 Å². The second-order valence-corrected chi connectivity index (χ2v) is 9.32. The number of hydrogen-bond donors (Lipinski definition) is 2. The molecule has 33 heavy (non-hydrogen) atoms. The molecule has 0 fully saturated rings. The van der Waals surface area contributed by atoms with Crippen molar-refractivity contribution in [2.45, 2.75) is 72.2 Å². The Morgan fingerprint density at radius 3 is 2.09 bits per heavy atom. The van der Waals surface area contributed by atoms with Crippen molar-refractivity contribution in [3.05, 3.63) is 35.4 Å². The van der Waals surface area contributed by atoms with Crippen LogP contribution in [0.5, 0.6) is 0 Å². The maximum Gasteiger partial charge on any atom is 0.408 e. The first-order valence-corrected chi connectivity index (χ1v) is 10.8. The van der Waals surface area contributed by atoms with Crippen molar-refractivity contribution in [1.82, 2.24) is 15.5 Å². The molecule has 0 saturated heterocycles. The van der Waals surface area contributed by atoms with E-state index in [4.69, 9.17) is 11.2 Å². The molecule has 0 saturated carbocycles. The average Bonchev–Trinajstić information content (AvgIpc) is 2.69. The summed E-state index contributed by atoms with van der Waals surface area (Å²) in [6.07, 6.45) is 4.68. The largest absolute Gasteiger partial charge is 0.444 e. The normalized spacial score (nSPS) is 12.8. The molecule has 0 aliphatic heterocycles. The third-order valence-electron chi connectivity index (χ3n) is 4.51. The van der Waals surface area contributed by atoms with E-state index in [9.17, 15) is 19.6 Å². The highest BCUT2D eigenvalue weighted by Gasteiger charge is 2.37. The molecule has 0 heterocycles. The molecule has 0 aliphatic carbocycles. The third kappa shape index (κ3) is 8.50. The molecule has 0 radical (unpaired) electrons. The van der Waals surface area contributed by atoms with Gasteiger partial charge in [-0.25, -0.2) is 4.79 Å². The van der Waals surface area contributed by atoms with Crippen molar-refractivity contribution in [2.24, 2.45) is 5.92 Å². The first kappa shape index (κ1) is 27.5. The molecule has 0 aromatic heterocycles. The first-order valence-electron chi connectivity index (χ1n) is 10.8. The monoisotopic (exact) mass is 454 g/mol. The quantitative estimate of drug-likeness (QED) is 0.463. The van der Waals surface area contributed by atoms with Crippen molar-refractivity contribution in [1.29, 1.82) is 5.26 Å². The van der Waals surface area contributed by atoms with Crippen LogP contribution in [0.3, 0.4) is 0 Å². The van der Waals surface area contributed by atoms with Gasteiger partial charge in [0.2, 0.25) is 11.8 Å². The molecular formula is C25H34N4O4. The summed E-state index contributed by atoms with van der Waals surface area (Å²) in [5.41, 5.74) is 0.363. The average molecular weight is 455 g/mol.